The molecule has 2 unspecified atom stereocenters. The highest BCUT2D eigenvalue weighted by Gasteiger charge is 2.25. The third-order valence-electron chi connectivity index (χ3n) is 3.64. The summed E-state index contributed by atoms with van der Waals surface area (Å²) >= 11 is 0. The molecule has 5 heteroatoms. The molecule has 1 aliphatic rings. The number of carbonyl (C=O) groups is 1. The van der Waals surface area contributed by atoms with Crippen LogP contribution in [-0.4, -0.2) is 54.8 Å². The van der Waals surface area contributed by atoms with Crippen molar-refractivity contribution in [2.75, 3.05) is 26.7 Å². The Hall–Kier alpha value is -1.43. The molecule has 0 saturated carbocycles. The summed E-state index contributed by atoms with van der Waals surface area (Å²) < 4.78 is 5.48. The number of ether oxygens (including phenoxy) is 1. The van der Waals surface area contributed by atoms with Crippen molar-refractivity contribution in [3.63, 3.8) is 0 Å². The van der Waals surface area contributed by atoms with E-state index in [1.54, 1.807) is 11.9 Å². The van der Waals surface area contributed by atoms with E-state index in [2.05, 4.69) is 5.32 Å². The predicted molar refractivity (Wildman–Crippen MR) is 80.8 cm³/mol. The van der Waals surface area contributed by atoms with Crippen LogP contribution in [0.2, 0.25) is 0 Å². The van der Waals surface area contributed by atoms with Crippen molar-refractivity contribution in [3.8, 4) is 0 Å². The van der Waals surface area contributed by atoms with Gasteiger partial charge in [0.1, 0.15) is 0 Å². The molecule has 0 bridgehead atoms. The van der Waals surface area contributed by atoms with E-state index >= 15 is 0 Å². The minimum atomic E-state index is -0.663. The van der Waals surface area contributed by atoms with Gasteiger partial charge < -0.3 is 20.1 Å². The number of hydrogen-bond acceptors (Lipinski definition) is 4. The fourth-order valence-electron chi connectivity index (χ4n) is 2.51. The van der Waals surface area contributed by atoms with Crippen LogP contribution in [0.5, 0.6) is 0 Å². The van der Waals surface area contributed by atoms with Gasteiger partial charge in [-0.2, -0.15) is 0 Å². The lowest BCUT2D eigenvalue weighted by atomic mass is 10.2. The highest BCUT2D eigenvalue weighted by atomic mass is 16.5. The van der Waals surface area contributed by atoms with Gasteiger partial charge in [0.15, 0.2) is 0 Å². The van der Waals surface area contributed by atoms with Crippen molar-refractivity contribution in [3.05, 3.63) is 35.9 Å². The summed E-state index contributed by atoms with van der Waals surface area (Å²) in [5.41, 5.74) is 1.07. The van der Waals surface area contributed by atoms with Gasteiger partial charge in [0.2, 0.25) is 5.91 Å². The van der Waals surface area contributed by atoms with Crippen molar-refractivity contribution >= 4 is 5.91 Å². The molecular formula is C16H24N2O3. The predicted octanol–water partition coefficient (Wildman–Crippen LogP) is 0.774. The Balaban J connectivity index is 1.66. The molecule has 0 aliphatic carbocycles. The topological polar surface area (TPSA) is 61.8 Å². The average molecular weight is 292 g/mol. The average Bonchev–Trinajstić information content (AvgIpc) is 3.01. The summed E-state index contributed by atoms with van der Waals surface area (Å²) in [5, 5.41) is 13.1. The minimum absolute atomic E-state index is 0.0506. The SMILES string of the molecule is CN(CC(O)COCc1ccccc1)C(=O)C1CCCN1. The van der Waals surface area contributed by atoms with E-state index in [0.717, 1.165) is 24.9 Å². The second-order valence-corrected chi connectivity index (χ2v) is 5.52. The Morgan fingerprint density at radius 2 is 2.24 bits per heavy atom. The van der Waals surface area contributed by atoms with Crippen molar-refractivity contribution in [1.82, 2.24) is 10.2 Å². The van der Waals surface area contributed by atoms with E-state index in [4.69, 9.17) is 4.74 Å². The third kappa shape index (κ3) is 5.12. The number of aliphatic hydroxyl groups excluding tert-OH is 1. The van der Waals surface area contributed by atoms with Gasteiger partial charge in [0, 0.05) is 13.6 Å². The number of aliphatic hydroxyl groups is 1. The highest BCUT2D eigenvalue weighted by molar-refractivity contribution is 5.81. The number of rotatable bonds is 7. The first-order chi connectivity index (χ1) is 10.2. The second-order valence-electron chi connectivity index (χ2n) is 5.52. The molecule has 2 rings (SSSR count). The Kier molecular flexibility index (Phi) is 6.17. The zero-order valence-electron chi connectivity index (χ0n) is 12.5. The van der Waals surface area contributed by atoms with Crippen molar-refractivity contribution < 1.29 is 14.6 Å². The summed E-state index contributed by atoms with van der Waals surface area (Å²) in [6, 6.07) is 9.73. The smallest absolute Gasteiger partial charge is 0.239 e. The standard InChI is InChI=1S/C16H24N2O3/c1-18(16(20)15-8-5-9-17-15)10-14(19)12-21-11-13-6-3-2-4-7-13/h2-4,6-7,14-15,17,19H,5,8-12H2,1H3. The zero-order chi connectivity index (χ0) is 15.1. The maximum Gasteiger partial charge on any atom is 0.239 e. The van der Waals surface area contributed by atoms with Crippen LogP contribution in [0.3, 0.4) is 0 Å². The van der Waals surface area contributed by atoms with Gasteiger partial charge in [0.25, 0.3) is 0 Å². The van der Waals surface area contributed by atoms with E-state index < -0.39 is 6.10 Å². The summed E-state index contributed by atoms with van der Waals surface area (Å²) in [4.78, 5) is 13.7. The number of nitrogens with one attached hydrogen (secondary N) is 1. The Morgan fingerprint density at radius 3 is 2.90 bits per heavy atom. The molecule has 1 amide bonds. The van der Waals surface area contributed by atoms with Crippen LogP contribution >= 0.6 is 0 Å². The molecule has 0 aromatic heterocycles. The van der Waals surface area contributed by atoms with Crippen LogP contribution in [-0.2, 0) is 16.1 Å². The van der Waals surface area contributed by atoms with Gasteiger partial charge in [-0.3, -0.25) is 4.79 Å². The van der Waals surface area contributed by atoms with Crippen LogP contribution in [0.25, 0.3) is 0 Å². The summed E-state index contributed by atoms with van der Waals surface area (Å²) in [7, 11) is 1.72. The zero-order valence-corrected chi connectivity index (χ0v) is 12.5. The molecule has 1 saturated heterocycles. The molecule has 1 aromatic rings. The number of amides is 1. The van der Waals surface area contributed by atoms with Gasteiger partial charge in [-0.1, -0.05) is 30.3 Å². The van der Waals surface area contributed by atoms with Gasteiger partial charge >= 0.3 is 0 Å². The molecule has 1 fully saturated rings. The largest absolute Gasteiger partial charge is 0.389 e. The summed E-state index contributed by atoms with van der Waals surface area (Å²) in [6.45, 7) is 1.89. The molecule has 2 atom stereocenters. The second kappa shape index (κ2) is 8.12. The Morgan fingerprint density at radius 1 is 1.48 bits per heavy atom. The molecule has 1 heterocycles. The quantitative estimate of drug-likeness (QED) is 0.779. The molecule has 0 spiro atoms. The first-order valence-corrected chi connectivity index (χ1v) is 7.45. The first-order valence-electron chi connectivity index (χ1n) is 7.45. The maximum atomic E-state index is 12.1. The number of carbonyl (C=O) groups excluding carboxylic acids is 1. The number of likely N-dealkylation sites (N-methyl/N-ethyl adjacent to an activating group) is 1. The van der Waals surface area contributed by atoms with Crippen LogP contribution in [0.15, 0.2) is 30.3 Å². The first kappa shape index (κ1) is 15.9. The molecule has 2 N–H and O–H groups in total. The van der Waals surface area contributed by atoms with Crippen LogP contribution < -0.4 is 5.32 Å². The lowest BCUT2D eigenvalue weighted by molar-refractivity contribution is -0.133. The number of benzene rings is 1. The number of hydrogen-bond donors (Lipinski definition) is 2. The Labute approximate surface area is 125 Å². The molecule has 1 aliphatic heterocycles. The summed E-state index contributed by atoms with van der Waals surface area (Å²) in [5.74, 6) is 0.0506. The van der Waals surface area contributed by atoms with Crippen molar-refractivity contribution in [1.29, 1.82) is 0 Å². The van der Waals surface area contributed by atoms with Gasteiger partial charge in [0.05, 0.1) is 25.4 Å². The molecule has 1 aromatic carbocycles. The van der Waals surface area contributed by atoms with E-state index in [1.165, 1.54) is 0 Å². The van der Waals surface area contributed by atoms with Gasteiger partial charge in [-0.05, 0) is 24.9 Å². The number of nitrogens with zero attached hydrogens (tertiary/aromatic N) is 1. The fourth-order valence-corrected chi connectivity index (χ4v) is 2.51. The lowest BCUT2D eigenvalue weighted by Crippen LogP contribution is -2.45. The molecular weight excluding hydrogens is 268 g/mol. The Bertz CT molecular complexity index is 432. The van der Waals surface area contributed by atoms with Gasteiger partial charge in [-0.15, -0.1) is 0 Å². The molecule has 21 heavy (non-hydrogen) atoms. The van der Waals surface area contributed by atoms with E-state index in [-0.39, 0.29) is 18.6 Å². The van der Waals surface area contributed by atoms with E-state index in [9.17, 15) is 9.90 Å². The van der Waals surface area contributed by atoms with Crippen molar-refractivity contribution in [2.24, 2.45) is 0 Å². The third-order valence-corrected chi connectivity index (χ3v) is 3.64. The van der Waals surface area contributed by atoms with Gasteiger partial charge in [-0.25, -0.2) is 0 Å². The van der Waals surface area contributed by atoms with Crippen LogP contribution in [0.4, 0.5) is 0 Å². The molecule has 0 radical (unpaired) electrons. The summed E-state index contributed by atoms with van der Waals surface area (Å²) in [6.07, 6.45) is 1.25. The van der Waals surface area contributed by atoms with E-state index in [1.807, 2.05) is 30.3 Å². The fraction of sp³-hybridized carbons (Fsp3) is 0.562. The van der Waals surface area contributed by atoms with E-state index in [0.29, 0.717) is 13.2 Å². The van der Waals surface area contributed by atoms with Crippen LogP contribution in [0, 0.1) is 0 Å². The minimum Gasteiger partial charge on any atom is -0.389 e. The highest BCUT2D eigenvalue weighted by Crippen LogP contribution is 2.08. The molecule has 116 valence electrons. The van der Waals surface area contributed by atoms with Crippen molar-refractivity contribution in [2.45, 2.75) is 31.6 Å². The normalized spacial score (nSPS) is 19.4. The lowest BCUT2D eigenvalue weighted by Gasteiger charge is -2.23. The van der Waals surface area contributed by atoms with Crippen LogP contribution in [0.1, 0.15) is 18.4 Å². The maximum absolute atomic E-state index is 12.1. The monoisotopic (exact) mass is 292 g/mol. The molecule has 5 nitrogen and oxygen atoms in total.